The van der Waals surface area contributed by atoms with Crippen LogP contribution in [0.15, 0.2) is 41.5 Å². The SMILES string of the molecule is CC(=C/C=N/NC(N)=O)c1ccccc1. The maximum atomic E-state index is 10.3. The molecular weight excluding hydrogens is 190 g/mol. The van der Waals surface area contributed by atoms with Gasteiger partial charge in [-0.05, 0) is 24.1 Å². The average Bonchev–Trinajstić information content (AvgIpc) is 2.25. The smallest absolute Gasteiger partial charge is 0.332 e. The molecule has 1 rings (SSSR count). The number of benzene rings is 1. The summed E-state index contributed by atoms with van der Waals surface area (Å²) in [6.45, 7) is 1.96. The Balaban J connectivity index is 2.61. The molecule has 0 aliphatic rings. The number of nitrogens with two attached hydrogens (primary N) is 1. The lowest BCUT2D eigenvalue weighted by atomic mass is 10.1. The molecule has 0 atom stereocenters. The van der Waals surface area contributed by atoms with Crippen molar-refractivity contribution in [1.29, 1.82) is 0 Å². The Morgan fingerprint density at radius 3 is 2.67 bits per heavy atom. The second-order valence-electron chi connectivity index (χ2n) is 2.97. The average molecular weight is 203 g/mol. The highest BCUT2D eigenvalue weighted by Crippen LogP contribution is 2.11. The summed E-state index contributed by atoms with van der Waals surface area (Å²) < 4.78 is 0. The normalized spacial score (nSPS) is 11.7. The Bertz CT molecular complexity index is 382. The minimum absolute atomic E-state index is 0.669. The first-order valence-electron chi connectivity index (χ1n) is 4.51. The maximum absolute atomic E-state index is 10.3. The highest BCUT2D eigenvalue weighted by Gasteiger charge is 1.91. The first kappa shape index (κ1) is 11.0. The molecule has 0 saturated heterocycles. The van der Waals surface area contributed by atoms with Crippen LogP contribution in [-0.2, 0) is 0 Å². The van der Waals surface area contributed by atoms with Crippen molar-refractivity contribution in [2.75, 3.05) is 0 Å². The molecule has 0 aliphatic heterocycles. The highest BCUT2D eigenvalue weighted by molar-refractivity contribution is 5.84. The van der Waals surface area contributed by atoms with Gasteiger partial charge < -0.3 is 5.73 Å². The van der Waals surface area contributed by atoms with Crippen LogP contribution in [-0.4, -0.2) is 12.2 Å². The van der Waals surface area contributed by atoms with Gasteiger partial charge in [-0.2, -0.15) is 5.10 Å². The number of hydrogen-bond acceptors (Lipinski definition) is 2. The van der Waals surface area contributed by atoms with Crippen molar-refractivity contribution in [3.05, 3.63) is 42.0 Å². The minimum atomic E-state index is -0.669. The summed E-state index contributed by atoms with van der Waals surface area (Å²) in [6, 6.07) is 9.22. The van der Waals surface area contributed by atoms with Crippen molar-refractivity contribution < 1.29 is 4.79 Å². The summed E-state index contributed by atoms with van der Waals surface area (Å²) in [5.41, 5.74) is 9.13. The fourth-order valence-electron chi connectivity index (χ4n) is 1.05. The van der Waals surface area contributed by atoms with Gasteiger partial charge in [0.2, 0.25) is 0 Å². The summed E-state index contributed by atoms with van der Waals surface area (Å²) in [7, 11) is 0. The number of rotatable bonds is 3. The van der Waals surface area contributed by atoms with E-state index < -0.39 is 6.03 Å². The van der Waals surface area contributed by atoms with Crippen molar-refractivity contribution >= 4 is 17.8 Å². The van der Waals surface area contributed by atoms with E-state index in [1.165, 1.54) is 6.21 Å². The largest absolute Gasteiger partial charge is 0.350 e. The third kappa shape index (κ3) is 4.08. The minimum Gasteiger partial charge on any atom is -0.350 e. The van der Waals surface area contributed by atoms with Crippen molar-refractivity contribution in [2.24, 2.45) is 10.8 Å². The van der Waals surface area contributed by atoms with E-state index in [-0.39, 0.29) is 0 Å². The number of hydrazone groups is 1. The summed E-state index contributed by atoms with van der Waals surface area (Å²) >= 11 is 0. The van der Waals surface area contributed by atoms with Crippen LogP contribution < -0.4 is 11.2 Å². The number of amides is 2. The third-order valence-corrected chi connectivity index (χ3v) is 1.80. The molecule has 1 aromatic carbocycles. The van der Waals surface area contributed by atoms with Crippen LogP contribution in [0.5, 0.6) is 0 Å². The molecule has 0 spiro atoms. The topological polar surface area (TPSA) is 67.5 Å². The van der Waals surface area contributed by atoms with Gasteiger partial charge in [-0.3, -0.25) is 0 Å². The zero-order chi connectivity index (χ0) is 11.1. The van der Waals surface area contributed by atoms with Gasteiger partial charge in [-0.15, -0.1) is 0 Å². The molecule has 0 aliphatic carbocycles. The lowest BCUT2D eigenvalue weighted by Crippen LogP contribution is -2.24. The summed E-state index contributed by atoms with van der Waals surface area (Å²) in [6.07, 6.45) is 3.29. The molecule has 0 bridgehead atoms. The Morgan fingerprint density at radius 1 is 1.40 bits per heavy atom. The van der Waals surface area contributed by atoms with Gasteiger partial charge in [-0.1, -0.05) is 30.3 Å². The Hall–Kier alpha value is -2.10. The van der Waals surface area contributed by atoms with Gasteiger partial charge in [0.15, 0.2) is 0 Å². The van der Waals surface area contributed by atoms with Crippen molar-refractivity contribution in [2.45, 2.75) is 6.92 Å². The van der Waals surface area contributed by atoms with Crippen LogP contribution in [0, 0.1) is 0 Å². The fraction of sp³-hybridized carbons (Fsp3) is 0.0909. The van der Waals surface area contributed by atoms with Gasteiger partial charge >= 0.3 is 6.03 Å². The zero-order valence-electron chi connectivity index (χ0n) is 8.47. The van der Waals surface area contributed by atoms with Gasteiger partial charge in [0.25, 0.3) is 0 Å². The predicted molar refractivity (Wildman–Crippen MR) is 61.3 cm³/mol. The second-order valence-corrected chi connectivity index (χ2v) is 2.97. The third-order valence-electron chi connectivity index (χ3n) is 1.80. The Morgan fingerprint density at radius 2 is 2.07 bits per heavy atom. The molecule has 0 saturated carbocycles. The molecule has 0 unspecified atom stereocenters. The molecule has 2 amide bonds. The van der Waals surface area contributed by atoms with E-state index in [1.54, 1.807) is 6.08 Å². The van der Waals surface area contributed by atoms with E-state index in [2.05, 4.69) is 10.5 Å². The van der Waals surface area contributed by atoms with E-state index in [0.29, 0.717) is 0 Å². The Labute approximate surface area is 88.5 Å². The van der Waals surface area contributed by atoms with E-state index >= 15 is 0 Å². The second kappa shape index (κ2) is 5.59. The predicted octanol–water partition coefficient (Wildman–Crippen LogP) is 1.74. The van der Waals surface area contributed by atoms with Crippen molar-refractivity contribution in [3.63, 3.8) is 0 Å². The van der Waals surface area contributed by atoms with Crippen LogP contribution in [0.1, 0.15) is 12.5 Å². The van der Waals surface area contributed by atoms with Crippen LogP contribution in [0.25, 0.3) is 5.57 Å². The number of primary amides is 1. The molecule has 4 nitrogen and oxygen atoms in total. The summed E-state index contributed by atoms with van der Waals surface area (Å²) in [5, 5.41) is 3.61. The van der Waals surface area contributed by atoms with Crippen molar-refractivity contribution in [3.8, 4) is 0 Å². The lowest BCUT2D eigenvalue weighted by Gasteiger charge is -1.98. The molecule has 1 aromatic rings. The summed E-state index contributed by atoms with van der Waals surface area (Å²) in [4.78, 5) is 10.3. The molecule has 0 heterocycles. The number of urea groups is 1. The molecule has 78 valence electrons. The maximum Gasteiger partial charge on any atom is 0.332 e. The Kier molecular flexibility index (Phi) is 4.09. The van der Waals surface area contributed by atoms with E-state index in [4.69, 9.17) is 5.73 Å². The molecule has 4 heteroatoms. The van der Waals surface area contributed by atoms with Gasteiger partial charge in [0, 0.05) is 6.21 Å². The first-order valence-corrected chi connectivity index (χ1v) is 4.51. The number of nitrogens with one attached hydrogen (secondary N) is 1. The lowest BCUT2D eigenvalue weighted by molar-refractivity contribution is 0.249. The van der Waals surface area contributed by atoms with Crippen LogP contribution in [0.3, 0.4) is 0 Å². The van der Waals surface area contributed by atoms with Gasteiger partial charge in [0.1, 0.15) is 0 Å². The van der Waals surface area contributed by atoms with Crippen LogP contribution in [0.2, 0.25) is 0 Å². The monoisotopic (exact) mass is 203 g/mol. The molecule has 0 fully saturated rings. The molecule has 0 aromatic heterocycles. The van der Waals surface area contributed by atoms with Crippen LogP contribution in [0.4, 0.5) is 4.79 Å². The number of allylic oxidation sites excluding steroid dienone is 2. The first-order chi connectivity index (χ1) is 7.20. The van der Waals surface area contributed by atoms with Crippen LogP contribution >= 0.6 is 0 Å². The molecule has 3 N–H and O–H groups in total. The van der Waals surface area contributed by atoms with Gasteiger partial charge in [0.05, 0.1) is 0 Å². The van der Waals surface area contributed by atoms with Crippen molar-refractivity contribution in [1.82, 2.24) is 5.43 Å². The van der Waals surface area contributed by atoms with E-state index in [0.717, 1.165) is 11.1 Å². The number of nitrogens with zero attached hydrogens (tertiary/aromatic N) is 1. The molecule has 15 heavy (non-hydrogen) atoms. The number of carbonyl (C=O) groups excluding carboxylic acids is 1. The number of carbonyl (C=O) groups is 1. The fourth-order valence-corrected chi connectivity index (χ4v) is 1.05. The molecule has 0 radical (unpaired) electrons. The van der Waals surface area contributed by atoms with E-state index in [1.807, 2.05) is 37.3 Å². The zero-order valence-corrected chi connectivity index (χ0v) is 8.47. The summed E-state index contributed by atoms with van der Waals surface area (Å²) in [5.74, 6) is 0. The van der Waals surface area contributed by atoms with Gasteiger partial charge in [-0.25, -0.2) is 10.2 Å². The quantitative estimate of drug-likeness (QED) is 0.570. The molecular formula is C11H13N3O. The highest BCUT2D eigenvalue weighted by atomic mass is 16.2. The van der Waals surface area contributed by atoms with E-state index in [9.17, 15) is 4.79 Å². The standard InChI is InChI=1S/C11H13N3O/c1-9(7-8-13-14-11(12)15)10-5-3-2-4-6-10/h2-8H,1H3,(H3,12,14,15)/b9-7?,13-8+. The number of hydrogen-bond donors (Lipinski definition) is 2.